The average Bonchev–Trinajstić information content (AvgIpc) is 2.70. The van der Waals surface area contributed by atoms with Crippen LogP contribution >= 0.6 is 0 Å². The number of carbonyl (C=O) groups excluding carboxylic acids is 2. The molecule has 0 amide bonds. The van der Waals surface area contributed by atoms with E-state index in [1.165, 1.54) is 13.2 Å². The fourth-order valence-electron chi connectivity index (χ4n) is 4.11. The fourth-order valence-corrected chi connectivity index (χ4v) is 4.11. The number of phenols is 1. The van der Waals surface area contributed by atoms with Gasteiger partial charge in [-0.15, -0.1) is 0 Å². The Kier molecular flexibility index (Phi) is 6.73. The van der Waals surface area contributed by atoms with Gasteiger partial charge in [0, 0.05) is 5.57 Å². The van der Waals surface area contributed by atoms with Gasteiger partial charge in [0.2, 0.25) is 0 Å². The first kappa shape index (κ1) is 22.5. The van der Waals surface area contributed by atoms with Gasteiger partial charge in [-0.05, 0) is 68.0 Å². The van der Waals surface area contributed by atoms with Crippen LogP contribution in [0.1, 0.15) is 56.7 Å². The van der Waals surface area contributed by atoms with Crippen LogP contribution in [0.25, 0.3) is 6.08 Å². The summed E-state index contributed by atoms with van der Waals surface area (Å²) < 4.78 is 5.54. The van der Waals surface area contributed by atoms with E-state index in [1.807, 2.05) is 20.8 Å². The third-order valence-corrected chi connectivity index (χ3v) is 5.84. The predicted molar refractivity (Wildman–Crippen MR) is 114 cm³/mol. The van der Waals surface area contributed by atoms with Crippen LogP contribution in [0.5, 0.6) is 5.75 Å². The number of aryl methyl sites for hydroxylation is 2. The monoisotopic (exact) mass is 398 g/mol. The molecule has 1 aliphatic carbocycles. The van der Waals surface area contributed by atoms with Crippen LogP contribution in [-0.4, -0.2) is 28.9 Å². The molecule has 5 nitrogen and oxygen atoms in total. The van der Waals surface area contributed by atoms with E-state index in [0.29, 0.717) is 41.7 Å². The van der Waals surface area contributed by atoms with Gasteiger partial charge >= 0.3 is 0 Å². The number of allylic oxidation sites excluding steroid dienone is 4. The predicted octanol–water partition coefficient (Wildman–Crippen LogP) is 5.10. The van der Waals surface area contributed by atoms with Crippen molar-refractivity contribution in [1.29, 1.82) is 0 Å². The number of ether oxygens (including phenoxy) is 1. The highest BCUT2D eigenvalue weighted by molar-refractivity contribution is 6.28. The standard InChI is InChI=1S/C24H30O5/c1-7-17-21(27)19(22(28)24(8-2,9-3)23(17)29-6)18(25)11-10-16-12-14(4)20(26)15(5)13-16/h10-13,26-27H,7-9H2,1-6H3/b11-10+. The SMILES string of the molecule is CCC1=C(OC)C(CC)(CC)C(=O)C(C(=O)/C=C/c2cc(C)c(O)c(C)c2)=C1O. The third-order valence-electron chi connectivity index (χ3n) is 5.84. The maximum Gasteiger partial charge on any atom is 0.193 e. The number of Topliss-reactive ketones (excluding diaryl/α,β-unsaturated/α-hetero) is 1. The minimum atomic E-state index is -0.948. The largest absolute Gasteiger partial charge is 0.507 e. The van der Waals surface area contributed by atoms with Crippen molar-refractivity contribution in [1.82, 2.24) is 0 Å². The van der Waals surface area contributed by atoms with Crippen LogP contribution in [0, 0.1) is 19.3 Å². The molecule has 5 heteroatoms. The highest BCUT2D eigenvalue weighted by atomic mass is 16.5. The van der Waals surface area contributed by atoms with E-state index >= 15 is 0 Å². The molecular formula is C24H30O5. The van der Waals surface area contributed by atoms with Gasteiger partial charge in [0.15, 0.2) is 11.6 Å². The first-order valence-corrected chi connectivity index (χ1v) is 9.97. The summed E-state index contributed by atoms with van der Waals surface area (Å²) in [5, 5.41) is 20.7. The molecule has 2 rings (SSSR count). The summed E-state index contributed by atoms with van der Waals surface area (Å²) in [6.07, 6.45) is 4.28. The van der Waals surface area contributed by atoms with Crippen molar-refractivity contribution in [3.63, 3.8) is 0 Å². The lowest BCUT2D eigenvalue weighted by atomic mass is 9.68. The number of methoxy groups -OCH3 is 1. The summed E-state index contributed by atoms with van der Waals surface area (Å²) in [5.74, 6) is -0.556. The van der Waals surface area contributed by atoms with Crippen molar-refractivity contribution in [3.8, 4) is 5.75 Å². The zero-order valence-electron chi connectivity index (χ0n) is 18.0. The summed E-state index contributed by atoms with van der Waals surface area (Å²) in [6.45, 7) is 9.19. The molecule has 1 aromatic carbocycles. The number of hydrogen-bond acceptors (Lipinski definition) is 5. The van der Waals surface area contributed by atoms with Crippen molar-refractivity contribution >= 4 is 17.6 Å². The summed E-state index contributed by atoms with van der Waals surface area (Å²) in [6, 6.07) is 3.51. The quantitative estimate of drug-likeness (QED) is 0.493. The molecule has 0 unspecified atom stereocenters. The molecule has 0 aromatic heterocycles. The van der Waals surface area contributed by atoms with Gasteiger partial charge in [0.05, 0.1) is 12.5 Å². The number of hydrogen-bond donors (Lipinski definition) is 2. The Morgan fingerprint density at radius 1 is 1.10 bits per heavy atom. The molecule has 1 aliphatic rings. The van der Waals surface area contributed by atoms with E-state index < -0.39 is 17.0 Å². The molecule has 0 atom stereocenters. The molecule has 2 N–H and O–H groups in total. The van der Waals surface area contributed by atoms with Crippen molar-refractivity contribution in [2.75, 3.05) is 7.11 Å². The van der Waals surface area contributed by atoms with Crippen LogP contribution in [0.15, 0.2) is 40.9 Å². The first-order chi connectivity index (χ1) is 13.7. The number of aliphatic hydroxyl groups is 1. The maximum absolute atomic E-state index is 13.3. The van der Waals surface area contributed by atoms with E-state index in [1.54, 1.807) is 32.1 Å². The Labute approximate surface area is 172 Å². The number of carbonyl (C=O) groups is 2. The molecule has 0 aliphatic heterocycles. The summed E-state index contributed by atoms with van der Waals surface area (Å²) in [7, 11) is 1.49. The summed E-state index contributed by atoms with van der Waals surface area (Å²) in [5.41, 5.74) is 1.50. The second-order valence-electron chi connectivity index (χ2n) is 7.41. The summed E-state index contributed by atoms with van der Waals surface area (Å²) >= 11 is 0. The van der Waals surface area contributed by atoms with E-state index in [4.69, 9.17) is 4.74 Å². The Balaban J connectivity index is 2.55. The number of aromatic hydroxyl groups is 1. The maximum atomic E-state index is 13.3. The molecule has 156 valence electrons. The minimum absolute atomic E-state index is 0.185. The molecule has 0 saturated carbocycles. The Morgan fingerprint density at radius 3 is 2.10 bits per heavy atom. The van der Waals surface area contributed by atoms with Gasteiger partial charge in [-0.25, -0.2) is 0 Å². The molecule has 0 radical (unpaired) electrons. The highest BCUT2D eigenvalue weighted by Crippen LogP contribution is 2.46. The van der Waals surface area contributed by atoms with Crippen molar-refractivity contribution in [3.05, 3.63) is 57.6 Å². The Morgan fingerprint density at radius 2 is 1.66 bits per heavy atom. The van der Waals surface area contributed by atoms with Gasteiger partial charge in [-0.3, -0.25) is 9.59 Å². The fraction of sp³-hybridized carbons (Fsp3) is 0.417. The second kappa shape index (κ2) is 8.68. The van der Waals surface area contributed by atoms with Crippen molar-refractivity contribution < 1.29 is 24.5 Å². The second-order valence-corrected chi connectivity index (χ2v) is 7.41. The summed E-state index contributed by atoms with van der Waals surface area (Å²) in [4.78, 5) is 26.3. The Hall–Kier alpha value is -2.82. The molecule has 0 fully saturated rings. The molecule has 1 aromatic rings. The number of ketones is 2. The molecule has 0 spiro atoms. The third kappa shape index (κ3) is 3.74. The molecule has 0 bridgehead atoms. The smallest absolute Gasteiger partial charge is 0.193 e. The van der Waals surface area contributed by atoms with Gasteiger partial charge in [0.25, 0.3) is 0 Å². The van der Waals surface area contributed by atoms with Crippen molar-refractivity contribution in [2.45, 2.75) is 53.9 Å². The molecule has 29 heavy (non-hydrogen) atoms. The van der Waals surface area contributed by atoms with Crippen LogP contribution in [0.2, 0.25) is 0 Å². The van der Waals surface area contributed by atoms with Crippen LogP contribution in [0.3, 0.4) is 0 Å². The molecule has 0 saturated heterocycles. The number of phenolic OH excluding ortho intramolecular Hbond substituents is 1. The zero-order valence-corrected chi connectivity index (χ0v) is 18.0. The highest BCUT2D eigenvalue weighted by Gasteiger charge is 2.49. The van der Waals surface area contributed by atoms with Crippen LogP contribution in [0.4, 0.5) is 0 Å². The van der Waals surface area contributed by atoms with Gasteiger partial charge in [-0.1, -0.05) is 26.8 Å². The number of aliphatic hydroxyl groups excluding tert-OH is 1. The van der Waals surface area contributed by atoms with E-state index in [-0.39, 0.29) is 17.1 Å². The number of rotatable bonds is 7. The Bertz CT molecular complexity index is 904. The lowest BCUT2D eigenvalue weighted by Gasteiger charge is -2.37. The molecular weight excluding hydrogens is 368 g/mol. The lowest BCUT2D eigenvalue weighted by molar-refractivity contribution is -0.128. The van der Waals surface area contributed by atoms with Crippen molar-refractivity contribution in [2.24, 2.45) is 5.41 Å². The topological polar surface area (TPSA) is 83.8 Å². The number of benzene rings is 1. The molecule has 0 heterocycles. The van der Waals surface area contributed by atoms with E-state index in [9.17, 15) is 19.8 Å². The first-order valence-electron chi connectivity index (χ1n) is 9.97. The average molecular weight is 398 g/mol. The van der Waals surface area contributed by atoms with Gasteiger partial charge < -0.3 is 14.9 Å². The normalized spacial score (nSPS) is 16.7. The minimum Gasteiger partial charge on any atom is -0.507 e. The van der Waals surface area contributed by atoms with Gasteiger partial charge in [-0.2, -0.15) is 0 Å². The van der Waals surface area contributed by atoms with Crippen LogP contribution < -0.4 is 0 Å². The van der Waals surface area contributed by atoms with E-state index in [2.05, 4.69) is 0 Å². The zero-order chi connectivity index (χ0) is 21.9. The van der Waals surface area contributed by atoms with Crippen LogP contribution in [-0.2, 0) is 14.3 Å². The lowest BCUT2D eigenvalue weighted by Crippen LogP contribution is -2.40. The van der Waals surface area contributed by atoms with Gasteiger partial charge in [0.1, 0.15) is 22.8 Å². The van der Waals surface area contributed by atoms with E-state index in [0.717, 1.165) is 5.56 Å².